The molecule has 2 aromatic rings. The van der Waals surface area contributed by atoms with Crippen molar-refractivity contribution in [2.24, 2.45) is 0 Å². The molecule has 5 nitrogen and oxygen atoms in total. The Labute approximate surface area is 130 Å². The first-order valence-electron chi connectivity index (χ1n) is 7.79. The largest absolute Gasteiger partial charge is 0.331 e. The summed E-state index contributed by atoms with van der Waals surface area (Å²) in [5.41, 5.74) is 2.05. The first-order valence-corrected chi connectivity index (χ1v) is 7.79. The minimum absolute atomic E-state index is 0.00697. The van der Waals surface area contributed by atoms with E-state index in [1.54, 1.807) is 6.20 Å². The molecule has 1 aliphatic carbocycles. The fourth-order valence-electron chi connectivity index (χ4n) is 2.78. The molecule has 0 aliphatic heterocycles. The third-order valence-corrected chi connectivity index (χ3v) is 4.44. The molecule has 1 fully saturated rings. The van der Waals surface area contributed by atoms with Gasteiger partial charge >= 0.3 is 6.03 Å². The van der Waals surface area contributed by atoms with Gasteiger partial charge in [0.25, 0.3) is 0 Å². The standard InChI is InChI=1S/C17H22N4O/c1-13(19-17(22)20(2)14-7-5-8-14)15-9-3-4-10-16(15)21-12-6-11-18-21/h3-4,6,9-14H,5,7-8H2,1-2H3,(H,19,22)/t13-/m1/s1. The lowest BCUT2D eigenvalue weighted by molar-refractivity contribution is 0.155. The zero-order chi connectivity index (χ0) is 15.5. The van der Waals surface area contributed by atoms with Crippen LogP contribution in [-0.2, 0) is 0 Å². The molecule has 0 bridgehead atoms. The Balaban J connectivity index is 1.75. The zero-order valence-corrected chi connectivity index (χ0v) is 13.1. The number of hydrogen-bond donors (Lipinski definition) is 1. The van der Waals surface area contributed by atoms with Gasteiger partial charge in [0.2, 0.25) is 0 Å². The van der Waals surface area contributed by atoms with Crippen molar-refractivity contribution in [2.75, 3.05) is 7.05 Å². The normalized spacial score (nSPS) is 15.9. The highest BCUT2D eigenvalue weighted by Crippen LogP contribution is 2.25. The van der Waals surface area contributed by atoms with Crippen molar-refractivity contribution in [3.63, 3.8) is 0 Å². The van der Waals surface area contributed by atoms with Gasteiger partial charge in [-0.3, -0.25) is 0 Å². The molecule has 0 radical (unpaired) electrons. The Morgan fingerprint density at radius 2 is 2.14 bits per heavy atom. The summed E-state index contributed by atoms with van der Waals surface area (Å²) in [4.78, 5) is 14.2. The molecule has 1 N–H and O–H groups in total. The van der Waals surface area contributed by atoms with Gasteiger partial charge in [-0.05, 0) is 43.9 Å². The Morgan fingerprint density at radius 3 is 2.77 bits per heavy atom. The van der Waals surface area contributed by atoms with Gasteiger partial charge in [0.1, 0.15) is 0 Å². The number of nitrogens with one attached hydrogen (secondary N) is 1. The smallest absolute Gasteiger partial charge is 0.317 e. The van der Waals surface area contributed by atoms with Crippen LogP contribution < -0.4 is 5.32 Å². The Bertz CT molecular complexity index is 634. The van der Waals surface area contributed by atoms with Crippen LogP contribution in [0.5, 0.6) is 0 Å². The quantitative estimate of drug-likeness (QED) is 0.943. The van der Waals surface area contributed by atoms with E-state index in [0.29, 0.717) is 6.04 Å². The molecule has 1 saturated carbocycles. The molecule has 0 unspecified atom stereocenters. The second kappa shape index (κ2) is 6.22. The van der Waals surface area contributed by atoms with Gasteiger partial charge in [0, 0.05) is 25.5 Å². The molecule has 1 heterocycles. The molecule has 3 rings (SSSR count). The van der Waals surface area contributed by atoms with Crippen molar-refractivity contribution in [1.82, 2.24) is 20.0 Å². The van der Waals surface area contributed by atoms with E-state index in [0.717, 1.165) is 24.1 Å². The first-order chi connectivity index (χ1) is 10.7. The number of carbonyl (C=O) groups excluding carboxylic acids is 1. The van der Waals surface area contributed by atoms with Crippen LogP contribution in [0.1, 0.15) is 37.8 Å². The highest BCUT2D eigenvalue weighted by molar-refractivity contribution is 5.75. The SMILES string of the molecule is C[C@@H](NC(=O)N(C)C1CCC1)c1ccccc1-n1cccn1. The number of benzene rings is 1. The number of nitrogens with zero attached hydrogens (tertiary/aromatic N) is 3. The van der Waals surface area contributed by atoms with Crippen molar-refractivity contribution in [2.45, 2.75) is 38.3 Å². The number of urea groups is 1. The first kappa shape index (κ1) is 14.6. The Hall–Kier alpha value is -2.30. The summed E-state index contributed by atoms with van der Waals surface area (Å²) in [6, 6.07) is 10.2. The summed E-state index contributed by atoms with van der Waals surface area (Å²) in [5, 5.41) is 7.38. The maximum absolute atomic E-state index is 12.4. The molecule has 1 aliphatic rings. The predicted molar refractivity (Wildman–Crippen MR) is 85.9 cm³/mol. The third kappa shape index (κ3) is 2.84. The van der Waals surface area contributed by atoms with Crippen LogP contribution in [0.15, 0.2) is 42.7 Å². The van der Waals surface area contributed by atoms with Crippen LogP contribution in [0.4, 0.5) is 4.79 Å². The third-order valence-electron chi connectivity index (χ3n) is 4.44. The van der Waals surface area contributed by atoms with Gasteiger partial charge < -0.3 is 10.2 Å². The summed E-state index contributed by atoms with van der Waals surface area (Å²) in [6.07, 6.45) is 7.11. The van der Waals surface area contributed by atoms with Gasteiger partial charge in [-0.1, -0.05) is 18.2 Å². The van der Waals surface area contributed by atoms with E-state index < -0.39 is 0 Å². The van der Waals surface area contributed by atoms with Crippen LogP contribution in [0.2, 0.25) is 0 Å². The maximum Gasteiger partial charge on any atom is 0.317 e. The zero-order valence-electron chi connectivity index (χ0n) is 13.1. The molecular weight excluding hydrogens is 276 g/mol. The van der Waals surface area contributed by atoms with Gasteiger partial charge in [0.05, 0.1) is 11.7 Å². The number of amides is 2. The number of carbonyl (C=O) groups is 1. The molecule has 5 heteroatoms. The van der Waals surface area contributed by atoms with Crippen molar-refractivity contribution < 1.29 is 4.79 Å². The predicted octanol–water partition coefficient (Wildman–Crippen LogP) is 3.13. The highest BCUT2D eigenvalue weighted by Gasteiger charge is 2.26. The van der Waals surface area contributed by atoms with Crippen molar-refractivity contribution >= 4 is 6.03 Å². The summed E-state index contributed by atoms with van der Waals surface area (Å²) < 4.78 is 1.83. The molecule has 116 valence electrons. The summed E-state index contributed by atoms with van der Waals surface area (Å²) >= 11 is 0. The lowest BCUT2D eigenvalue weighted by atomic mass is 9.92. The minimum atomic E-state index is -0.0737. The highest BCUT2D eigenvalue weighted by atomic mass is 16.2. The maximum atomic E-state index is 12.4. The fraction of sp³-hybridized carbons (Fsp3) is 0.412. The van der Waals surface area contributed by atoms with Crippen LogP contribution in [-0.4, -0.2) is 33.8 Å². The lowest BCUT2D eigenvalue weighted by Gasteiger charge is -2.35. The second-order valence-corrected chi connectivity index (χ2v) is 5.88. The average Bonchev–Trinajstić information content (AvgIpc) is 2.99. The number of rotatable bonds is 4. The fourth-order valence-corrected chi connectivity index (χ4v) is 2.78. The van der Waals surface area contributed by atoms with Crippen molar-refractivity contribution in [3.05, 3.63) is 48.3 Å². The monoisotopic (exact) mass is 298 g/mol. The minimum Gasteiger partial charge on any atom is -0.331 e. The van der Waals surface area contributed by atoms with Crippen LogP contribution in [0.25, 0.3) is 5.69 Å². The van der Waals surface area contributed by atoms with E-state index in [1.807, 2.05) is 60.1 Å². The number of para-hydroxylation sites is 1. The summed E-state index contributed by atoms with van der Waals surface area (Å²) in [6.45, 7) is 2.01. The van der Waals surface area contributed by atoms with E-state index in [1.165, 1.54) is 6.42 Å². The Kier molecular flexibility index (Phi) is 4.13. The summed E-state index contributed by atoms with van der Waals surface area (Å²) in [7, 11) is 1.88. The summed E-state index contributed by atoms with van der Waals surface area (Å²) in [5.74, 6) is 0. The molecule has 0 spiro atoms. The van der Waals surface area contributed by atoms with Crippen LogP contribution in [0, 0.1) is 0 Å². The van der Waals surface area contributed by atoms with Gasteiger partial charge in [-0.15, -0.1) is 0 Å². The molecule has 1 atom stereocenters. The topological polar surface area (TPSA) is 50.2 Å². The van der Waals surface area contributed by atoms with Crippen molar-refractivity contribution in [1.29, 1.82) is 0 Å². The number of aromatic nitrogens is 2. The van der Waals surface area contributed by atoms with E-state index in [2.05, 4.69) is 10.4 Å². The van der Waals surface area contributed by atoms with E-state index in [9.17, 15) is 4.79 Å². The van der Waals surface area contributed by atoms with Crippen molar-refractivity contribution in [3.8, 4) is 5.69 Å². The molecular formula is C17H22N4O. The molecule has 1 aromatic heterocycles. The Morgan fingerprint density at radius 1 is 1.36 bits per heavy atom. The van der Waals surface area contributed by atoms with Gasteiger partial charge in [0.15, 0.2) is 0 Å². The average molecular weight is 298 g/mol. The molecule has 22 heavy (non-hydrogen) atoms. The van der Waals surface area contributed by atoms with E-state index >= 15 is 0 Å². The molecule has 1 aromatic carbocycles. The van der Waals surface area contributed by atoms with Crippen LogP contribution >= 0.6 is 0 Å². The molecule has 2 amide bonds. The molecule has 0 saturated heterocycles. The second-order valence-electron chi connectivity index (χ2n) is 5.88. The van der Waals surface area contributed by atoms with Gasteiger partial charge in [-0.2, -0.15) is 5.10 Å². The van der Waals surface area contributed by atoms with E-state index in [-0.39, 0.29) is 12.1 Å². The number of hydrogen-bond acceptors (Lipinski definition) is 2. The lowest BCUT2D eigenvalue weighted by Crippen LogP contribution is -2.47. The van der Waals surface area contributed by atoms with Gasteiger partial charge in [-0.25, -0.2) is 9.48 Å². The van der Waals surface area contributed by atoms with E-state index in [4.69, 9.17) is 0 Å². The van der Waals surface area contributed by atoms with Crippen LogP contribution in [0.3, 0.4) is 0 Å².